The first kappa shape index (κ1) is 13.0. The highest BCUT2D eigenvalue weighted by Gasteiger charge is 2.33. The van der Waals surface area contributed by atoms with Gasteiger partial charge in [0.05, 0.1) is 5.60 Å². The molecule has 5 nitrogen and oxygen atoms in total. The van der Waals surface area contributed by atoms with Crippen LogP contribution in [0.4, 0.5) is 0 Å². The van der Waals surface area contributed by atoms with Gasteiger partial charge in [-0.1, -0.05) is 29.4 Å². The predicted octanol–water partition coefficient (Wildman–Crippen LogP) is 2.03. The van der Waals surface area contributed by atoms with Gasteiger partial charge < -0.3 is 14.6 Å². The molecule has 1 saturated heterocycles. The molecular weight excluding hydrogens is 266 g/mol. The van der Waals surface area contributed by atoms with Crippen molar-refractivity contribution in [2.75, 3.05) is 13.1 Å². The van der Waals surface area contributed by atoms with Crippen molar-refractivity contribution in [3.63, 3.8) is 0 Å². The first-order chi connectivity index (χ1) is 10.2. The van der Waals surface area contributed by atoms with Gasteiger partial charge in [0.25, 0.3) is 5.89 Å². The third-order valence-corrected chi connectivity index (χ3v) is 4.47. The molecule has 4 rings (SSSR count). The molecule has 0 saturated carbocycles. The Morgan fingerprint density at radius 2 is 2.24 bits per heavy atom. The molecule has 1 atom stereocenters. The molecule has 1 aliphatic heterocycles. The van der Waals surface area contributed by atoms with Gasteiger partial charge in [-0.05, 0) is 30.9 Å². The average molecular weight is 285 g/mol. The van der Waals surface area contributed by atoms with E-state index in [4.69, 9.17) is 9.26 Å². The highest BCUT2D eigenvalue weighted by Crippen LogP contribution is 2.36. The summed E-state index contributed by atoms with van der Waals surface area (Å²) in [6.07, 6.45) is 2.14. The maximum atomic E-state index is 5.84. The Labute approximate surface area is 123 Å². The number of ether oxygens (including phenoxy) is 1. The van der Waals surface area contributed by atoms with Gasteiger partial charge in [-0.2, -0.15) is 4.98 Å². The molecule has 0 amide bonds. The lowest BCUT2D eigenvalue weighted by Crippen LogP contribution is -2.58. The van der Waals surface area contributed by atoms with Crippen LogP contribution < -0.4 is 5.32 Å². The van der Waals surface area contributed by atoms with Crippen LogP contribution in [0.3, 0.4) is 0 Å². The number of hydrogen-bond donors (Lipinski definition) is 1. The fourth-order valence-corrected chi connectivity index (χ4v) is 3.11. The van der Waals surface area contributed by atoms with E-state index in [-0.39, 0.29) is 11.5 Å². The number of aromatic nitrogens is 2. The molecule has 1 N–H and O–H groups in total. The van der Waals surface area contributed by atoms with Gasteiger partial charge in [0.1, 0.15) is 6.61 Å². The highest BCUT2D eigenvalue weighted by molar-refractivity contribution is 5.38. The monoisotopic (exact) mass is 285 g/mol. The molecule has 5 heteroatoms. The minimum atomic E-state index is -0.0887. The second-order valence-corrected chi connectivity index (χ2v) is 6.18. The first-order valence-corrected chi connectivity index (χ1v) is 7.48. The Morgan fingerprint density at radius 1 is 1.38 bits per heavy atom. The molecule has 1 aliphatic carbocycles. The van der Waals surface area contributed by atoms with Gasteiger partial charge in [-0.15, -0.1) is 0 Å². The molecule has 0 radical (unpaired) electrons. The summed E-state index contributed by atoms with van der Waals surface area (Å²) in [4.78, 5) is 4.53. The van der Waals surface area contributed by atoms with Crippen molar-refractivity contribution in [3.8, 4) is 0 Å². The van der Waals surface area contributed by atoms with Gasteiger partial charge in [0.15, 0.2) is 5.82 Å². The summed E-state index contributed by atoms with van der Waals surface area (Å²) in [6, 6.07) is 8.51. The SMILES string of the molecule is CC1(OCc2nc(C3CCc4ccccc43)no2)CNC1. The number of rotatable bonds is 4. The van der Waals surface area contributed by atoms with Crippen molar-refractivity contribution in [1.82, 2.24) is 15.5 Å². The normalized spacial score (nSPS) is 22.8. The van der Waals surface area contributed by atoms with Gasteiger partial charge in [-0.3, -0.25) is 0 Å². The lowest BCUT2D eigenvalue weighted by molar-refractivity contribution is -0.0841. The predicted molar refractivity (Wildman–Crippen MR) is 77.0 cm³/mol. The Kier molecular flexibility index (Phi) is 3.05. The molecule has 21 heavy (non-hydrogen) atoms. The molecule has 2 aromatic rings. The van der Waals surface area contributed by atoms with Crippen molar-refractivity contribution in [1.29, 1.82) is 0 Å². The fourth-order valence-electron chi connectivity index (χ4n) is 3.11. The van der Waals surface area contributed by atoms with E-state index in [9.17, 15) is 0 Å². The van der Waals surface area contributed by atoms with Crippen LogP contribution >= 0.6 is 0 Å². The lowest BCUT2D eigenvalue weighted by atomic mass is 10.0. The number of nitrogens with one attached hydrogen (secondary N) is 1. The number of benzene rings is 1. The minimum absolute atomic E-state index is 0.0887. The summed E-state index contributed by atoms with van der Waals surface area (Å²) in [6.45, 7) is 4.24. The minimum Gasteiger partial charge on any atom is -0.363 e. The summed E-state index contributed by atoms with van der Waals surface area (Å²) >= 11 is 0. The molecule has 110 valence electrons. The van der Waals surface area contributed by atoms with Crippen molar-refractivity contribution < 1.29 is 9.26 Å². The Hall–Kier alpha value is -1.72. The summed E-state index contributed by atoms with van der Waals surface area (Å²) in [5.41, 5.74) is 2.65. The van der Waals surface area contributed by atoms with Crippen LogP contribution in [-0.2, 0) is 17.8 Å². The third-order valence-electron chi connectivity index (χ3n) is 4.47. The molecule has 2 heterocycles. The van der Waals surface area contributed by atoms with E-state index in [1.165, 1.54) is 11.1 Å². The Bertz CT molecular complexity index is 648. The lowest BCUT2D eigenvalue weighted by Gasteiger charge is -2.38. The number of nitrogens with zero attached hydrogens (tertiary/aromatic N) is 2. The van der Waals surface area contributed by atoms with Crippen LogP contribution in [0.15, 0.2) is 28.8 Å². The summed E-state index contributed by atoms with van der Waals surface area (Å²) in [5, 5.41) is 7.37. The van der Waals surface area contributed by atoms with E-state index in [2.05, 4.69) is 46.6 Å². The van der Waals surface area contributed by atoms with E-state index in [0.29, 0.717) is 12.5 Å². The second-order valence-electron chi connectivity index (χ2n) is 6.18. The topological polar surface area (TPSA) is 60.2 Å². The zero-order chi connectivity index (χ0) is 14.3. The van der Waals surface area contributed by atoms with E-state index in [1.54, 1.807) is 0 Å². The molecule has 0 spiro atoms. The van der Waals surface area contributed by atoms with E-state index < -0.39 is 0 Å². The molecular formula is C16H19N3O2. The van der Waals surface area contributed by atoms with E-state index in [0.717, 1.165) is 31.8 Å². The summed E-state index contributed by atoms with van der Waals surface area (Å²) in [7, 11) is 0. The maximum absolute atomic E-state index is 5.84. The Balaban J connectivity index is 1.48. The van der Waals surface area contributed by atoms with Crippen molar-refractivity contribution in [2.24, 2.45) is 0 Å². The average Bonchev–Trinajstić information content (AvgIpc) is 3.09. The van der Waals surface area contributed by atoms with E-state index in [1.807, 2.05) is 0 Å². The second kappa shape index (κ2) is 4.93. The summed E-state index contributed by atoms with van der Waals surface area (Å²) < 4.78 is 11.2. The quantitative estimate of drug-likeness (QED) is 0.931. The number of aryl methyl sites for hydroxylation is 1. The molecule has 1 fully saturated rings. The highest BCUT2D eigenvalue weighted by atomic mass is 16.5. The van der Waals surface area contributed by atoms with Crippen LogP contribution in [0, 0.1) is 0 Å². The van der Waals surface area contributed by atoms with Crippen molar-refractivity contribution in [3.05, 3.63) is 47.1 Å². The third kappa shape index (κ3) is 2.36. The number of hydrogen-bond acceptors (Lipinski definition) is 5. The van der Waals surface area contributed by atoms with Gasteiger partial charge in [0, 0.05) is 19.0 Å². The molecule has 0 bridgehead atoms. The van der Waals surface area contributed by atoms with Crippen LogP contribution in [-0.4, -0.2) is 28.8 Å². The zero-order valence-corrected chi connectivity index (χ0v) is 12.1. The first-order valence-electron chi connectivity index (χ1n) is 7.48. The van der Waals surface area contributed by atoms with Crippen LogP contribution in [0.5, 0.6) is 0 Å². The molecule has 1 unspecified atom stereocenters. The van der Waals surface area contributed by atoms with Crippen LogP contribution in [0.1, 0.15) is 42.1 Å². The van der Waals surface area contributed by atoms with Gasteiger partial charge in [-0.25, -0.2) is 0 Å². The van der Waals surface area contributed by atoms with Crippen molar-refractivity contribution >= 4 is 0 Å². The van der Waals surface area contributed by atoms with Gasteiger partial charge in [0.2, 0.25) is 0 Å². The zero-order valence-electron chi connectivity index (χ0n) is 12.1. The van der Waals surface area contributed by atoms with Crippen molar-refractivity contribution in [2.45, 2.75) is 37.9 Å². The molecule has 1 aromatic carbocycles. The fraction of sp³-hybridized carbons (Fsp3) is 0.500. The Morgan fingerprint density at radius 3 is 3.05 bits per heavy atom. The van der Waals surface area contributed by atoms with Crippen LogP contribution in [0.25, 0.3) is 0 Å². The molecule has 2 aliphatic rings. The number of fused-ring (bicyclic) bond motifs is 1. The largest absolute Gasteiger partial charge is 0.363 e. The maximum Gasteiger partial charge on any atom is 0.252 e. The molecule has 1 aromatic heterocycles. The standard InChI is InChI=1S/C16H19N3O2/c1-16(9-17-10-16)20-8-14-18-15(19-21-14)13-7-6-11-4-2-3-5-12(11)13/h2-5,13,17H,6-10H2,1H3. The van der Waals surface area contributed by atoms with Gasteiger partial charge >= 0.3 is 0 Å². The van der Waals surface area contributed by atoms with E-state index >= 15 is 0 Å². The smallest absolute Gasteiger partial charge is 0.252 e. The summed E-state index contributed by atoms with van der Waals surface area (Å²) in [5.74, 6) is 1.62. The van der Waals surface area contributed by atoms with Crippen LogP contribution in [0.2, 0.25) is 0 Å².